The van der Waals surface area contributed by atoms with E-state index in [9.17, 15) is 14.0 Å². The molecule has 0 N–H and O–H groups in total. The summed E-state index contributed by atoms with van der Waals surface area (Å²) in [6, 6.07) is 3.29. The van der Waals surface area contributed by atoms with Gasteiger partial charge in [-0.2, -0.15) is 0 Å². The summed E-state index contributed by atoms with van der Waals surface area (Å²) in [5, 5.41) is 1.38. The molecule has 6 heteroatoms. The third-order valence-electron chi connectivity index (χ3n) is 2.90. The first-order valence-electron chi connectivity index (χ1n) is 5.89. The number of ether oxygens (including phenoxy) is 1. The lowest BCUT2D eigenvalue weighted by Crippen LogP contribution is -2.21. The maximum absolute atomic E-state index is 13.9. The molecule has 0 atom stereocenters. The van der Waals surface area contributed by atoms with Crippen molar-refractivity contribution in [1.82, 2.24) is 5.06 Å². The highest BCUT2D eigenvalue weighted by molar-refractivity contribution is 5.72. The molecule has 0 radical (unpaired) electrons. The highest BCUT2D eigenvalue weighted by Gasteiger charge is 2.26. The predicted molar refractivity (Wildman–Crippen MR) is 63.6 cm³/mol. The van der Waals surface area contributed by atoms with E-state index in [-0.39, 0.29) is 25.1 Å². The van der Waals surface area contributed by atoms with E-state index in [1.807, 2.05) is 0 Å². The maximum atomic E-state index is 13.9. The second-order valence-electron chi connectivity index (χ2n) is 4.19. The number of rotatable bonds is 5. The zero-order valence-electron chi connectivity index (χ0n) is 10.5. The molecule has 1 aromatic carbocycles. The smallest absolute Gasteiger partial charge is 0.325 e. The summed E-state index contributed by atoms with van der Waals surface area (Å²) < 4.78 is 18.8. The average Bonchev–Trinajstić information content (AvgIpc) is 2.80. The van der Waals surface area contributed by atoms with E-state index in [4.69, 9.17) is 9.57 Å². The number of fused-ring (bicyclic) bond motifs is 1. The molecule has 0 fully saturated rings. The van der Waals surface area contributed by atoms with Crippen LogP contribution in [-0.4, -0.2) is 24.4 Å². The van der Waals surface area contributed by atoms with E-state index in [0.717, 1.165) is 5.56 Å². The Bertz CT molecular complexity index is 504. The minimum Gasteiger partial charge on any atom is -0.494 e. The fourth-order valence-corrected chi connectivity index (χ4v) is 1.97. The van der Waals surface area contributed by atoms with Crippen LogP contribution in [0, 0.1) is 5.82 Å². The van der Waals surface area contributed by atoms with Crippen LogP contribution >= 0.6 is 0 Å². The normalized spacial score (nSPS) is 14.0. The van der Waals surface area contributed by atoms with Crippen molar-refractivity contribution in [2.45, 2.75) is 25.9 Å². The van der Waals surface area contributed by atoms with E-state index >= 15 is 0 Å². The summed E-state index contributed by atoms with van der Waals surface area (Å²) in [6.07, 6.45) is 0.814. The molecule has 0 amide bonds. The maximum Gasteiger partial charge on any atom is 0.325 e. The zero-order chi connectivity index (χ0) is 13.8. The number of benzene rings is 1. The lowest BCUT2D eigenvalue weighted by molar-refractivity contribution is -0.193. The Balaban J connectivity index is 2.02. The topological polar surface area (TPSA) is 55.8 Å². The van der Waals surface area contributed by atoms with Crippen LogP contribution in [-0.2, 0) is 27.5 Å². The summed E-state index contributed by atoms with van der Waals surface area (Å²) in [5.74, 6) is -0.744. The van der Waals surface area contributed by atoms with Gasteiger partial charge in [0.15, 0.2) is 11.6 Å². The van der Waals surface area contributed by atoms with Gasteiger partial charge in [-0.1, -0.05) is 6.07 Å². The molecule has 1 heterocycles. The van der Waals surface area contributed by atoms with E-state index in [2.05, 4.69) is 0 Å². The summed E-state index contributed by atoms with van der Waals surface area (Å²) in [5.41, 5.74) is 1.24. The fourth-order valence-electron chi connectivity index (χ4n) is 1.97. The lowest BCUT2D eigenvalue weighted by Gasteiger charge is -2.13. The minimum atomic E-state index is -0.493. The van der Waals surface area contributed by atoms with Gasteiger partial charge in [0, 0.05) is 12.0 Å². The van der Waals surface area contributed by atoms with Crippen LogP contribution in [0.5, 0.6) is 5.75 Å². The van der Waals surface area contributed by atoms with Crippen LogP contribution < -0.4 is 4.74 Å². The summed E-state index contributed by atoms with van der Waals surface area (Å²) in [7, 11) is 1.40. The molecule has 0 aromatic heterocycles. The number of nitrogens with zero attached hydrogens (tertiary/aromatic N) is 1. The fraction of sp³-hybridized carbons (Fsp3) is 0.385. The van der Waals surface area contributed by atoms with E-state index < -0.39 is 11.8 Å². The van der Waals surface area contributed by atoms with Gasteiger partial charge in [-0.15, -0.1) is 5.06 Å². The van der Waals surface area contributed by atoms with Crippen LogP contribution in [0.3, 0.4) is 0 Å². The molecule has 0 saturated carbocycles. The molecular formula is C13H14FNO4. The van der Waals surface area contributed by atoms with Gasteiger partial charge in [-0.05, 0) is 11.6 Å². The molecule has 1 aromatic rings. The van der Waals surface area contributed by atoms with Crippen LogP contribution in [0.1, 0.15) is 24.0 Å². The van der Waals surface area contributed by atoms with Gasteiger partial charge in [-0.3, -0.25) is 4.79 Å². The highest BCUT2D eigenvalue weighted by atomic mass is 19.1. The SMILES string of the molecule is COc1ccc2c(c1F)CN(OC(=O)CCC=O)C2. The lowest BCUT2D eigenvalue weighted by atomic mass is 10.1. The van der Waals surface area contributed by atoms with Crippen molar-refractivity contribution in [3.63, 3.8) is 0 Å². The average molecular weight is 267 g/mol. The van der Waals surface area contributed by atoms with Gasteiger partial charge in [-0.25, -0.2) is 4.39 Å². The van der Waals surface area contributed by atoms with Gasteiger partial charge < -0.3 is 14.4 Å². The first kappa shape index (κ1) is 13.5. The van der Waals surface area contributed by atoms with Crippen LogP contribution in [0.4, 0.5) is 4.39 Å². The molecule has 1 aliphatic rings. The number of hydrogen-bond acceptors (Lipinski definition) is 5. The van der Waals surface area contributed by atoms with E-state index in [1.165, 1.54) is 12.2 Å². The number of methoxy groups -OCH3 is 1. The van der Waals surface area contributed by atoms with Crippen LogP contribution in [0.25, 0.3) is 0 Å². The van der Waals surface area contributed by atoms with Crippen molar-refractivity contribution in [3.8, 4) is 5.75 Å². The van der Waals surface area contributed by atoms with Gasteiger partial charge in [0.05, 0.1) is 26.6 Å². The molecule has 0 saturated heterocycles. The summed E-state index contributed by atoms with van der Waals surface area (Å²) in [4.78, 5) is 26.6. The molecule has 5 nitrogen and oxygen atoms in total. The van der Waals surface area contributed by atoms with Crippen molar-refractivity contribution >= 4 is 12.3 Å². The zero-order valence-corrected chi connectivity index (χ0v) is 10.5. The third-order valence-corrected chi connectivity index (χ3v) is 2.90. The van der Waals surface area contributed by atoms with Crippen molar-refractivity contribution in [3.05, 3.63) is 29.1 Å². The van der Waals surface area contributed by atoms with Gasteiger partial charge >= 0.3 is 5.97 Å². The number of hydroxylamine groups is 2. The van der Waals surface area contributed by atoms with E-state index in [0.29, 0.717) is 18.4 Å². The van der Waals surface area contributed by atoms with Crippen molar-refractivity contribution in [2.75, 3.05) is 7.11 Å². The molecular weight excluding hydrogens is 253 g/mol. The largest absolute Gasteiger partial charge is 0.494 e. The molecule has 1 aliphatic heterocycles. The van der Waals surface area contributed by atoms with Crippen LogP contribution in [0.2, 0.25) is 0 Å². The number of hydrogen-bond donors (Lipinski definition) is 0. The second-order valence-corrected chi connectivity index (χ2v) is 4.19. The van der Waals surface area contributed by atoms with E-state index in [1.54, 1.807) is 12.1 Å². The van der Waals surface area contributed by atoms with Crippen LogP contribution in [0.15, 0.2) is 12.1 Å². The van der Waals surface area contributed by atoms with Gasteiger partial charge in [0.1, 0.15) is 6.29 Å². The minimum absolute atomic E-state index is 0.0299. The van der Waals surface area contributed by atoms with Crippen molar-refractivity contribution < 1.29 is 23.6 Å². The summed E-state index contributed by atoms with van der Waals surface area (Å²) in [6.45, 7) is 0.522. The molecule has 102 valence electrons. The number of aldehydes is 1. The number of carbonyl (C=O) groups is 2. The summed E-state index contributed by atoms with van der Waals surface area (Å²) >= 11 is 0. The molecule has 0 bridgehead atoms. The number of carbonyl (C=O) groups excluding carboxylic acids is 2. The molecule has 2 rings (SSSR count). The molecule has 0 unspecified atom stereocenters. The highest BCUT2D eigenvalue weighted by Crippen LogP contribution is 2.30. The standard InChI is InChI=1S/C13H14FNO4/c1-18-11-5-4-9-7-15(8-10(9)13(11)14)19-12(17)3-2-6-16/h4-6H,2-3,7-8H2,1H3. The Kier molecular flexibility index (Phi) is 4.11. The second kappa shape index (κ2) is 5.79. The Morgan fingerprint density at radius 1 is 1.47 bits per heavy atom. The first-order valence-corrected chi connectivity index (χ1v) is 5.89. The Morgan fingerprint density at radius 3 is 2.95 bits per heavy atom. The van der Waals surface area contributed by atoms with Gasteiger partial charge in [0.25, 0.3) is 0 Å². The first-order chi connectivity index (χ1) is 9.15. The molecule has 0 aliphatic carbocycles. The Hall–Kier alpha value is -1.95. The third kappa shape index (κ3) is 2.90. The monoisotopic (exact) mass is 267 g/mol. The van der Waals surface area contributed by atoms with Gasteiger partial charge in [0.2, 0.25) is 0 Å². The quantitative estimate of drug-likeness (QED) is 0.758. The Labute approximate surface area is 109 Å². The molecule has 19 heavy (non-hydrogen) atoms. The number of halogens is 1. The Morgan fingerprint density at radius 2 is 2.26 bits per heavy atom. The molecule has 0 spiro atoms. The van der Waals surface area contributed by atoms with Crippen molar-refractivity contribution in [2.24, 2.45) is 0 Å². The van der Waals surface area contributed by atoms with Crippen molar-refractivity contribution in [1.29, 1.82) is 0 Å². The predicted octanol–water partition coefficient (Wildman–Crippen LogP) is 1.59.